The summed E-state index contributed by atoms with van der Waals surface area (Å²) in [7, 11) is 0. The molecule has 0 spiro atoms. The topological polar surface area (TPSA) is 39.9 Å². The lowest BCUT2D eigenvalue weighted by Gasteiger charge is -2.06. The fourth-order valence-corrected chi connectivity index (χ4v) is 1.57. The predicted octanol–water partition coefficient (Wildman–Crippen LogP) is 2.09. The molecule has 1 heterocycles. The van der Waals surface area contributed by atoms with Gasteiger partial charge < -0.3 is 4.74 Å². The zero-order chi connectivity index (χ0) is 12.8. The molecule has 18 heavy (non-hydrogen) atoms. The van der Waals surface area contributed by atoms with Crippen LogP contribution < -0.4 is 0 Å². The number of hydrogen-bond donors (Lipinski definition) is 0. The van der Waals surface area contributed by atoms with Gasteiger partial charge in [0.05, 0.1) is 6.61 Å². The first-order valence-electron chi connectivity index (χ1n) is 5.57. The molecule has 0 saturated carbocycles. The Hall–Kier alpha value is -1.82. The zero-order valence-corrected chi connectivity index (χ0v) is 9.67. The predicted molar refractivity (Wildman–Crippen MR) is 61.9 cm³/mol. The average molecular weight is 253 g/mol. The Morgan fingerprint density at radius 1 is 1.22 bits per heavy atom. The highest BCUT2D eigenvalue weighted by atomic mass is 19.3. The summed E-state index contributed by atoms with van der Waals surface area (Å²) in [4.78, 5) is 0. The van der Waals surface area contributed by atoms with E-state index in [9.17, 15) is 8.78 Å². The first kappa shape index (κ1) is 12.6. The quantitative estimate of drug-likeness (QED) is 0.740. The van der Waals surface area contributed by atoms with E-state index in [2.05, 4.69) is 10.2 Å². The van der Waals surface area contributed by atoms with E-state index in [1.54, 1.807) is 6.33 Å². The van der Waals surface area contributed by atoms with Crippen LogP contribution in [0.15, 0.2) is 36.7 Å². The lowest BCUT2D eigenvalue weighted by atomic mass is 10.3. The highest BCUT2D eigenvalue weighted by Crippen LogP contribution is 2.09. The van der Waals surface area contributed by atoms with Crippen LogP contribution in [0, 0.1) is 0 Å². The Morgan fingerprint density at radius 2 is 2.00 bits per heavy atom. The summed E-state index contributed by atoms with van der Waals surface area (Å²) in [5, 5.41) is 7.78. The minimum absolute atomic E-state index is 0.204. The van der Waals surface area contributed by atoms with Crippen LogP contribution >= 0.6 is 0 Å². The smallest absolute Gasteiger partial charge is 0.261 e. The van der Waals surface area contributed by atoms with Crippen LogP contribution in [0.1, 0.15) is 5.82 Å². The summed E-state index contributed by atoms with van der Waals surface area (Å²) in [6.07, 6.45) is -0.392. The third kappa shape index (κ3) is 3.33. The van der Waals surface area contributed by atoms with Crippen LogP contribution in [0.5, 0.6) is 0 Å². The van der Waals surface area contributed by atoms with Crippen LogP contribution in [0.2, 0.25) is 0 Å². The van der Waals surface area contributed by atoms with E-state index < -0.39 is 13.0 Å². The molecular weight excluding hydrogens is 240 g/mol. The molecule has 0 radical (unpaired) electrons. The number of nitrogens with zero attached hydrogens (tertiary/aromatic N) is 3. The molecule has 0 saturated heterocycles. The van der Waals surface area contributed by atoms with Gasteiger partial charge in [-0.15, -0.1) is 10.2 Å². The van der Waals surface area contributed by atoms with Gasteiger partial charge in [0.1, 0.15) is 18.8 Å². The lowest BCUT2D eigenvalue weighted by Crippen LogP contribution is -2.09. The van der Waals surface area contributed by atoms with Crippen molar-refractivity contribution in [1.29, 1.82) is 0 Å². The van der Waals surface area contributed by atoms with E-state index >= 15 is 0 Å². The van der Waals surface area contributed by atoms with E-state index in [0.717, 1.165) is 5.69 Å². The number of alkyl halides is 2. The van der Waals surface area contributed by atoms with Crippen LogP contribution in [-0.2, 0) is 11.2 Å². The summed E-state index contributed by atoms with van der Waals surface area (Å²) >= 11 is 0. The van der Waals surface area contributed by atoms with E-state index in [0.29, 0.717) is 12.2 Å². The van der Waals surface area contributed by atoms with Gasteiger partial charge in [-0.05, 0) is 12.1 Å². The van der Waals surface area contributed by atoms with E-state index in [1.165, 1.54) is 0 Å². The number of rotatable bonds is 6. The van der Waals surface area contributed by atoms with Crippen molar-refractivity contribution in [2.45, 2.75) is 12.8 Å². The van der Waals surface area contributed by atoms with Gasteiger partial charge in [0.15, 0.2) is 0 Å². The summed E-state index contributed by atoms with van der Waals surface area (Å²) in [5.74, 6) is 0.690. The van der Waals surface area contributed by atoms with Crippen molar-refractivity contribution < 1.29 is 13.5 Å². The first-order chi connectivity index (χ1) is 8.77. The molecule has 1 aromatic carbocycles. The number of aromatic nitrogens is 3. The highest BCUT2D eigenvalue weighted by Gasteiger charge is 2.07. The van der Waals surface area contributed by atoms with Crippen molar-refractivity contribution in [1.82, 2.24) is 14.8 Å². The largest absolute Gasteiger partial charge is 0.375 e. The summed E-state index contributed by atoms with van der Waals surface area (Å²) in [5.41, 5.74) is 0.936. The molecule has 96 valence electrons. The van der Waals surface area contributed by atoms with Crippen molar-refractivity contribution in [3.05, 3.63) is 42.5 Å². The summed E-state index contributed by atoms with van der Waals surface area (Å²) in [6, 6.07) is 9.58. The molecule has 0 bridgehead atoms. The first-order valence-corrected chi connectivity index (χ1v) is 5.57. The average Bonchev–Trinajstić information content (AvgIpc) is 2.84. The molecule has 0 aliphatic heterocycles. The van der Waals surface area contributed by atoms with Gasteiger partial charge in [-0.3, -0.25) is 4.57 Å². The number of halogens is 2. The second-order valence-electron chi connectivity index (χ2n) is 3.67. The number of ether oxygens (including phenoxy) is 1. The van der Waals surface area contributed by atoms with Crippen molar-refractivity contribution in [2.75, 3.05) is 13.2 Å². The third-order valence-corrected chi connectivity index (χ3v) is 2.37. The van der Waals surface area contributed by atoms with Gasteiger partial charge >= 0.3 is 0 Å². The second-order valence-corrected chi connectivity index (χ2v) is 3.67. The minimum atomic E-state index is -2.43. The maximum absolute atomic E-state index is 11.9. The zero-order valence-electron chi connectivity index (χ0n) is 9.67. The van der Waals surface area contributed by atoms with Crippen LogP contribution in [-0.4, -0.2) is 34.4 Å². The van der Waals surface area contributed by atoms with Crippen LogP contribution in [0.4, 0.5) is 8.78 Å². The highest BCUT2D eigenvalue weighted by molar-refractivity contribution is 5.31. The van der Waals surface area contributed by atoms with Gasteiger partial charge in [0, 0.05) is 12.1 Å². The Kier molecular flexibility index (Phi) is 4.35. The van der Waals surface area contributed by atoms with Crippen molar-refractivity contribution in [2.24, 2.45) is 0 Å². The molecule has 0 unspecified atom stereocenters. The Morgan fingerprint density at radius 3 is 2.72 bits per heavy atom. The van der Waals surface area contributed by atoms with Gasteiger partial charge in [-0.1, -0.05) is 18.2 Å². The van der Waals surface area contributed by atoms with E-state index in [4.69, 9.17) is 4.74 Å². The van der Waals surface area contributed by atoms with Gasteiger partial charge in [-0.2, -0.15) is 0 Å². The molecule has 4 nitrogen and oxygen atoms in total. The Bertz CT molecular complexity index is 473. The summed E-state index contributed by atoms with van der Waals surface area (Å²) in [6.45, 7) is -0.338. The molecule has 0 fully saturated rings. The van der Waals surface area contributed by atoms with Crippen LogP contribution in [0.3, 0.4) is 0 Å². The SMILES string of the molecule is FC(F)COCCc1nncn1-c1ccccc1. The number of benzene rings is 1. The number of hydrogen-bond acceptors (Lipinski definition) is 3. The standard InChI is InChI=1S/C12H13F2N3O/c13-11(14)8-18-7-6-12-16-15-9-17(12)10-4-2-1-3-5-10/h1-5,9,11H,6-8H2. The molecule has 2 rings (SSSR count). The van der Waals surface area contributed by atoms with Crippen molar-refractivity contribution in [3.63, 3.8) is 0 Å². The molecule has 2 aromatic rings. The van der Waals surface area contributed by atoms with Gasteiger partial charge in [0.2, 0.25) is 0 Å². The maximum Gasteiger partial charge on any atom is 0.261 e. The van der Waals surface area contributed by atoms with Crippen molar-refractivity contribution >= 4 is 0 Å². The molecule has 0 aliphatic rings. The molecular formula is C12H13F2N3O. The Balaban J connectivity index is 1.96. The molecule has 0 aliphatic carbocycles. The Labute approximate surface area is 103 Å². The van der Waals surface area contributed by atoms with Gasteiger partial charge in [0.25, 0.3) is 6.43 Å². The fraction of sp³-hybridized carbons (Fsp3) is 0.333. The van der Waals surface area contributed by atoms with Crippen molar-refractivity contribution in [3.8, 4) is 5.69 Å². The lowest BCUT2D eigenvalue weighted by molar-refractivity contribution is 0.0182. The molecule has 0 atom stereocenters. The minimum Gasteiger partial charge on any atom is -0.375 e. The second kappa shape index (κ2) is 6.20. The molecule has 0 N–H and O–H groups in total. The number of para-hydroxylation sites is 1. The normalized spacial score (nSPS) is 11.1. The van der Waals surface area contributed by atoms with Crippen LogP contribution in [0.25, 0.3) is 5.69 Å². The van der Waals surface area contributed by atoms with E-state index in [-0.39, 0.29) is 6.61 Å². The van der Waals surface area contributed by atoms with Gasteiger partial charge in [-0.25, -0.2) is 8.78 Å². The molecule has 1 aromatic heterocycles. The fourth-order valence-electron chi connectivity index (χ4n) is 1.57. The maximum atomic E-state index is 11.9. The third-order valence-electron chi connectivity index (χ3n) is 2.37. The summed E-state index contributed by atoms with van der Waals surface area (Å²) < 4.78 is 30.4. The molecule has 6 heteroatoms. The van der Waals surface area contributed by atoms with E-state index in [1.807, 2.05) is 34.9 Å². The molecule has 0 amide bonds. The monoisotopic (exact) mass is 253 g/mol.